The zero-order valence-electron chi connectivity index (χ0n) is 8.41. The predicted octanol–water partition coefficient (Wildman–Crippen LogP) is 2.44. The molecule has 0 radical (unpaired) electrons. The molecule has 0 saturated heterocycles. The molecule has 0 unspecified atom stereocenters. The zero-order valence-corrected chi connectivity index (χ0v) is 8.41. The van der Waals surface area contributed by atoms with Crippen LogP contribution in [0.5, 0.6) is 5.75 Å². The molecule has 0 aliphatic carbocycles. The Balaban J connectivity index is 2.96. The van der Waals surface area contributed by atoms with E-state index < -0.39 is 0 Å². The van der Waals surface area contributed by atoms with Crippen molar-refractivity contribution in [3.8, 4) is 5.75 Å². The fraction of sp³-hybridized carbons (Fsp3) is 0.455. The highest BCUT2D eigenvalue weighted by atomic mass is 16.3. The number of hydrogen-bond acceptors (Lipinski definition) is 2. The molecule has 2 heteroatoms. The van der Waals surface area contributed by atoms with Crippen LogP contribution in [-0.2, 0) is 0 Å². The van der Waals surface area contributed by atoms with E-state index in [1.54, 1.807) is 12.1 Å². The third-order valence-electron chi connectivity index (χ3n) is 2.16. The molecule has 0 bridgehead atoms. The highest BCUT2D eigenvalue weighted by molar-refractivity contribution is 5.29. The summed E-state index contributed by atoms with van der Waals surface area (Å²) in [6, 6.07) is 7.08. The first-order valence-electron chi connectivity index (χ1n) is 4.46. The van der Waals surface area contributed by atoms with E-state index in [9.17, 15) is 5.11 Å². The molecule has 1 aromatic carbocycles. The Bertz CT molecular complexity index is 288. The van der Waals surface area contributed by atoms with Crippen molar-refractivity contribution in [2.75, 3.05) is 0 Å². The van der Waals surface area contributed by atoms with E-state index in [-0.39, 0.29) is 17.2 Å². The minimum absolute atomic E-state index is 0.0216. The quantitative estimate of drug-likeness (QED) is 0.695. The average Bonchev–Trinajstić information content (AvgIpc) is 2.01. The Morgan fingerprint density at radius 2 is 1.92 bits per heavy atom. The summed E-state index contributed by atoms with van der Waals surface area (Å²) in [6.45, 7) is 6.26. The second kappa shape index (κ2) is 3.38. The summed E-state index contributed by atoms with van der Waals surface area (Å²) in [5.41, 5.74) is 7.03. The van der Waals surface area contributed by atoms with Gasteiger partial charge in [0.05, 0.1) is 0 Å². The van der Waals surface area contributed by atoms with Gasteiger partial charge in [-0.25, -0.2) is 0 Å². The number of phenolic OH excluding ortho intramolecular Hbond substituents is 1. The van der Waals surface area contributed by atoms with E-state index in [0.29, 0.717) is 0 Å². The van der Waals surface area contributed by atoms with Crippen LogP contribution in [0.1, 0.15) is 32.4 Å². The summed E-state index contributed by atoms with van der Waals surface area (Å²) in [5, 5.41) is 9.27. The van der Waals surface area contributed by atoms with Crippen molar-refractivity contribution in [2.45, 2.75) is 26.8 Å². The van der Waals surface area contributed by atoms with E-state index in [2.05, 4.69) is 20.8 Å². The van der Waals surface area contributed by atoms with Gasteiger partial charge >= 0.3 is 0 Å². The smallest absolute Gasteiger partial charge is 0.115 e. The molecular formula is C11H17NO. The van der Waals surface area contributed by atoms with Crippen LogP contribution in [0.25, 0.3) is 0 Å². The van der Waals surface area contributed by atoms with E-state index in [1.165, 1.54) is 0 Å². The Kier molecular flexibility index (Phi) is 2.62. The fourth-order valence-electron chi connectivity index (χ4n) is 1.22. The zero-order chi connectivity index (χ0) is 10.1. The van der Waals surface area contributed by atoms with Crippen LogP contribution in [0.15, 0.2) is 24.3 Å². The summed E-state index contributed by atoms with van der Waals surface area (Å²) in [6.07, 6.45) is 0. The third-order valence-corrected chi connectivity index (χ3v) is 2.16. The van der Waals surface area contributed by atoms with Gasteiger partial charge in [0.25, 0.3) is 0 Å². The molecule has 1 aromatic rings. The average molecular weight is 179 g/mol. The molecule has 0 saturated carbocycles. The lowest BCUT2D eigenvalue weighted by atomic mass is 9.83. The normalized spacial score (nSPS) is 14.2. The van der Waals surface area contributed by atoms with Crippen molar-refractivity contribution < 1.29 is 5.11 Å². The first-order valence-corrected chi connectivity index (χ1v) is 4.46. The molecule has 0 fully saturated rings. The van der Waals surface area contributed by atoms with Gasteiger partial charge in [0.2, 0.25) is 0 Å². The number of phenols is 1. The van der Waals surface area contributed by atoms with Crippen molar-refractivity contribution in [1.82, 2.24) is 0 Å². The Hall–Kier alpha value is -1.02. The van der Waals surface area contributed by atoms with Crippen molar-refractivity contribution in [3.05, 3.63) is 29.8 Å². The summed E-state index contributed by atoms with van der Waals surface area (Å²) < 4.78 is 0. The Morgan fingerprint density at radius 1 is 1.31 bits per heavy atom. The number of hydrogen-bond donors (Lipinski definition) is 2. The topological polar surface area (TPSA) is 46.2 Å². The minimum atomic E-state index is -0.0420. The van der Waals surface area contributed by atoms with Gasteiger partial charge in [-0.05, 0) is 23.1 Å². The first kappa shape index (κ1) is 10.1. The van der Waals surface area contributed by atoms with Crippen molar-refractivity contribution in [1.29, 1.82) is 0 Å². The number of aromatic hydroxyl groups is 1. The van der Waals surface area contributed by atoms with Gasteiger partial charge in [-0.15, -0.1) is 0 Å². The van der Waals surface area contributed by atoms with Gasteiger partial charge in [0.15, 0.2) is 0 Å². The van der Waals surface area contributed by atoms with Gasteiger partial charge in [0.1, 0.15) is 5.75 Å². The standard InChI is InChI=1S/C11H17NO/c1-11(2,3)10(12)8-5-4-6-9(13)7-8/h4-7,10,13H,12H2,1-3H3/t10-/m0/s1. The van der Waals surface area contributed by atoms with E-state index >= 15 is 0 Å². The van der Waals surface area contributed by atoms with E-state index in [4.69, 9.17) is 5.73 Å². The molecule has 0 aliphatic heterocycles. The van der Waals surface area contributed by atoms with E-state index in [1.807, 2.05) is 12.1 Å². The highest BCUT2D eigenvalue weighted by Gasteiger charge is 2.22. The molecule has 1 rings (SSSR count). The highest BCUT2D eigenvalue weighted by Crippen LogP contribution is 2.31. The van der Waals surface area contributed by atoms with Gasteiger partial charge < -0.3 is 10.8 Å². The Labute approximate surface area is 79.4 Å². The van der Waals surface area contributed by atoms with Gasteiger partial charge in [-0.1, -0.05) is 32.9 Å². The van der Waals surface area contributed by atoms with Crippen LogP contribution < -0.4 is 5.73 Å². The van der Waals surface area contributed by atoms with Crippen LogP contribution in [0.3, 0.4) is 0 Å². The summed E-state index contributed by atoms with van der Waals surface area (Å²) in [7, 11) is 0. The second-order valence-electron chi connectivity index (χ2n) is 4.44. The van der Waals surface area contributed by atoms with Gasteiger partial charge in [0, 0.05) is 6.04 Å². The molecule has 0 aromatic heterocycles. The van der Waals surface area contributed by atoms with Crippen molar-refractivity contribution in [3.63, 3.8) is 0 Å². The Morgan fingerprint density at radius 3 is 2.38 bits per heavy atom. The molecule has 3 N–H and O–H groups in total. The molecule has 0 aliphatic rings. The number of rotatable bonds is 1. The predicted molar refractivity (Wildman–Crippen MR) is 54.5 cm³/mol. The number of benzene rings is 1. The summed E-state index contributed by atoms with van der Waals surface area (Å²) in [5.74, 6) is 0.275. The van der Waals surface area contributed by atoms with Crippen LogP contribution >= 0.6 is 0 Å². The summed E-state index contributed by atoms with van der Waals surface area (Å²) in [4.78, 5) is 0. The fourth-order valence-corrected chi connectivity index (χ4v) is 1.22. The number of nitrogens with two attached hydrogens (primary N) is 1. The maximum absolute atomic E-state index is 9.27. The monoisotopic (exact) mass is 179 g/mol. The van der Waals surface area contributed by atoms with Crippen LogP contribution in [-0.4, -0.2) is 5.11 Å². The minimum Gasteiger partial charge on any atom is -0.508 e. The SMILES string of the molecule is CC(C)(C)[C@@H](N)c1cccc(O)c1. The first-order chi connectivity index (χ1) is 5.91. The second-order valence-corrected chi connectivity index (χ2v) is 4.44. The van der Waals surface area contributed by atoms with Crippen molar-refractivity contribution >= 4 is 0 Å². The van der Waals surface area contributed by atoms with Gasteiger partial charge in [-0.2, -0.15) is 0 Å². The molecule has 1 atom stereocenters. The molecule has 0 spiro atoms. The molecule has 0 heterocycles. The van der Waals surface area contributed by atoms with Crippen LogP contribution in [0, 0.1) is 5.41 Å². The molecule has 0 amide bonds. The lowest BCUT2D eigenvalue weighted by Crippen LogP contribution is -2.26. The molecule has 13 heavy (non-hydrogen) atoms. The summed E-state index contributed by atoms with van der Waals surface area (Å²) >= 11 is 0. The lowest BCUT2D eigenvalue weighted by Gasteiger charge is -2.27. The molecule has 72 valence electrons. The maximum atomic E-state index is 9.27. The largest absolute Gasteiger partial charge is 0.508 e. The third kappa shape index (κ3) is 2.46. The lowest BCUT2D eigenvalue weighted by molar-refractivity contribution is 0.326. The van der Waals surface area contributed by atoms with E-state index in [0.717, 1.165) is 5.56 Å². The van der Waals surface area contributed by atoms with Gasteiger partial charge in [-0.3, -0.25) is 0 Å². The maximum Gasteiger partial charge on any atom is 0.115 e. The van der Waals surface area contributed by atoms with Crippen molar-refractivity contribution in [2.24, 2.45) is 11.1 Å². The van der Waals surface area contributed by atoms with Crippen LogP contribution in [0.2, 0.25) is 0 Å². The van der Waals surface area contributed by atoms with Crippen LogP contribution in [0.4, 0.5) is 0 Å². The molecule has 2 nitrogen and oxygen atoms in total. The molecular weight excluding hydrogens is 162 g/mol.